The number of likely N-dealkylation sites (N-methyl/N-ethyl adjacent to an activating group) is 1. The van der Waals surface area contributed by atoms with Gasteiger partial charge in [-0.05, 0) is 49.5 Å². The third kappa shape index (κ3) is 4.40. The molecule has 2 aromatic rings. The van der Waals surface area contributed by atoms with Gasteiger partial charge in [-0.15, -0.1) is 0 Å². The quantitative estimate of drug-likeness (QED) is 0.863. The van der Waals surface area contributed by atoms with Gasteiger partial charge in [0.25, 0.3) is 0 Å². The summed E-state index contributed by atoms with van der Waals surface area (Å²) in [4.78, 5) is 31.1. The van der Waals surface area contributed by atoms with Crippen molar-refractivity contribution in [3.63, 3.8) is 0 Å². The van der Waals surface area contributed by atoms with Gasteiger partial charge in [0, 0.05) is 56.2 Å². The summed E-state index contributed by atoms with van der Waals surface area (Å²) in [6.45, 7) is 4.31. The van der Waals surface area contributed by atoms with Crippen molar-refractivity contribution in [2.45, 2.75) is 6.42 Å². The van der Waals surface area contributed by atoms with E-state index in [4.69, 9.17) is 0 Å². The van der Waals surface area contributed by atoms with Gasteiger partial charge in [0.2, 0.25) is 11.8 Å². The molecular formula is C22H25FN4O2. The van der Waals surface area contributed by atoms with E-state index < -0.39 is 11.7 Å². The van der Waals surface area contributed by atoms with Crippen molar-refractivity contribution in [2.75, 3.05) is 54.9 Å². The molecule has 2 aromatic carbocycles. The van der Waals surface area contributed by atoms with E-state index in [-0.39, 0.29) is 24.8 Å². The molecule has 7 heteroatoms. The maximum atomic E-state index is 13.5. The highest BCUT2D eigenvalue weighted by molar-refractivity contribution is 6.03. The summed E-state index contributed by atoms with van der Waals surface area (Å²) in [5.74, 6) is -1.21. The van der Waals surface area contributed by atoms with Crippen LogP contribution < -0.4 is 15.1 Å². The minimum Gasteiger partial charge on any atom is -0.369 e. The van der Waals surface area contributed by atoms with Gasteiger partial charge in [0.15, 0.2) is 0 Å². The molecule has 1 unspecified atom stereocenters. The molecule has 0 spiro atoms. The zero-order chi connectivity index (χ0) is 20.4. The van der Waals surface area contributed by atoms with Crippen LogP contribution in [0.5, 0.6) is 0 Å². The first-order chi connectivity index (χ1) is 14.0. The lowest BCUT2D eigenvalue weighted by molar-refractivity contribution is -0.122. The van der Waals surface area contributed by atoms with Gasteiger partial charge in [-0.1, -0.05) is 6.07 Å². The number of nitrogens with zero attached hydrogens (tertiary/aromatic N) is 3. The first-order valence-electron chi connectivity index (χ1n) is 9.90. The Morgan fingerprint density at radius 1 is 1.03 bits per heavy atom. The highest BCUT2D eigenvalue weighted by atomic mass is 19.1. The van der Waals surface area contributed by atoms with Crippen LogP contribution in [0.25, 0.3) is 0 Å². The van der Waals surface area contributed by atoms with E-state index in [9.17, 15) is 14.0 Å². The van der Waals surface area contributed by atoms with E-state index in [1.54, 1.807) is 12.1 Å². The maximum Gasteiger partial charge on any atom is 0.229 e. The normalized spacial score (nSPS) is 20.2. The Balaban J connectivity index is 1.36. The fourth-order valence-electron chi connectivity index (χ4n) is 3.84. The average molecular weight is 396 g/mol. The number of hydrogen-bond acceptors (Lipinski definition) is 4. The van der Waals surface area contributed by atoms with Crippen molar-refractivity contribution >= 4 is 28.9 Å². The number of carbonyl (C=O) groups excluding carboxylic acids is 2. The molecule has 2 heterocycles. The predicted molar refractivity (Wildman–Crippen MR) is 112 cm³/mol. The molecule has 2 aliphatic rings. The van der Waals surface area contributed by atoms with Crippen molar-refractivity contribution in [1.29, 1.82) is 0 Å². The van der Waals surface area contributed by atoms with Gasteiger partial charge in [-0.25, -0.2) is 4.39 Å². The van der Waals surface area contributed by atoms with Crippen LogP contribution in [0, 0.1) is 11.7 Å². The van der Waals surface area contributed by atoms with E-state index in [0.29, 0.717) is 11.4 Å². The maximum absolute atomic E-state index is 13.5. The molecule has 2 aliphatic heterocycles. The Morgan fingerprint density at radius 2 is 1.76 bits per heavy atom. The lowest BCUT2D eigenvalue weighted by Gasteiger charge is -2.34. The first-order valence-corrected chi connectivity index (χ1v) is 9.90. The minimum atomic E-state index is -0.455. The van der Waals surface area contributed by atoms with Crippen LogP contribution in [0.1, 0.15) is 6.42 Å². The molecule has 0 aromatic heterocycles. The van der Waals surface area contributed by atoms with Gasteiger partial charge in [0.05, 0.1) is 5.92 Å². The second-order valence-electron chi connectivity index (χ2n) is 7.71. The Bertz CT molecular complexity index is 894. The zero-order valence-electron chi connectivity index (χ0n) is 16.5. The average Bonchev–Trinajstić information content (AvgIpc) is 3.11. The third-order valence-electron chi connectivity index (χ3n) is 5.62. The van der Waals surface area contributed by atoms with Crippen molar-refractivity contribution in [3.8, 4) is 0 Å². The summed E-state index contributed by atoms with van der Waals surface area (Å²) in [5.41, 5.74) is 2.34. The number of anilines is 3. The number of benzene rings is 2. The van der Waals surface area contributed by atoms with E-state index in [1.165, 1.54) is 17.0 Å². The van der Waals surface area contributed by atoms with E-state index in [2.05, 4.69) is 22.2 Å². The summed E-state index contributed by atoms with van der Waals surface area (Å²) in [5, 5.41) is 2.91. The van der Waals surface area contributed by atoms with Gasteiger partial charge >= 0.3 is 0 Å². The molecule has 4 rings (SSSR count). The summed E-state index contributed by atoms with van der Waals surface area (Å²) in [6, 6.07) is 13.7. The molecule has 2 saturated heterocycles. The Kier molecular flexibility index (Phi) is 5.49. The van der Waals surface area contributed by atoms with Crippen LogP contribution in [0.2, 0.25) is 0 Å². The Labute approximate surface area is 169 Å². The van der Waals surface area contributed by atoms with Gasteiger partial charge in [-0.3, -0.25) is 9.59 Å². The molecule has 0 radical (unpaired) electrons. The van der Waals surface area contributed by atoms with Gasteiger partial charge < -0.3 is 20.0 Å². The van der Waals surface area contributed by atoms with Crippen LogP contribution in [-0.4, -0.2) is 56.5 Å². The van der Waals surface area contributed by atoms with E-state index >= 15 is 0 Å². The fraction of sp³-hybridized carbons (Fsp3) is 0.364. The first kappa shape index (κ1) is 19.4. The third-order valence-corrected chi connectivity index (χ3v) is 5.62. The van der Waals surface area contributed by atoms with Crippen molar-refractivity contribution in [3.05, 3.63) is 54.3 Å². The second kappa shape index (κ2) is 8.21. The lowest BCUT2D eigenvalue weighted by atomic mass is 10.1. The molecule has 6 nitrogen and oxygen atoms in total. The number of amides is 2. The number of rotatable bonds is 4. The SMILES string of the molecule is CN1CCN(c2ccc(NC(=O)C3CC(=O)N(c4cccc(F)c4)C3)cc2)CC1. The Morgan fingerprint density at radius 3 is 2.45 bits per heavy atom. The number of piperazine rings is 1. The molecule has 2 amide bonds. The summed E-state index contributed by atoms with van der Waals surface area (Å²) in [6.07, 6.45) is 0.127. The van der Waals surface area contributed by atoms with Crippen molar-refractivity contribution in [1.82, 2.24) is 4.90 Å². The van der Waals surface area contributed by atoms with Crippen LogP contribution in [0.4, 0.5) is 21.5 Å². The van der Waals surface area contributed by atoms with Crippen LogP contribution in [-0.2, 0) is 9.59 Å². The highest BCUT2D eigenvalue weighted by Gasteiger charge is 2.35. The largest absolute Gasteiger partial charge is 0.369 e. The second-order valence-corrected chi connectivity index (χ2v) is 7.71. The molecule has 29 heavy (non-hydrogen) atoms. The topological polar surface area (TPSA) is 55.9 Å². The molecular weight excluding hydrogens is 371 g/mol. The standard InChI is InChI=1S/C22H25FN4O2/c1-25-9-11-26(12-10-25)19-7-5-18(6-8-19)24-22(29)16-13-21(28)27(15-16)20-4-2-3-17(23)14-20/h2-8,14,16H,9-13,15H2,1H3,(H,24,29). The molecule has 0 bridgehead atoms. The molecule has 1 atom stereocenters. The summed E-state index contributed by atoms with van der Waals surface area (Å²) >= 11 is 0. The van der Waals surface area contributed by atoms with Crippen LogP contribution >= 0.6 is 0 Å². The molecule has 2 fully saturated rings. The van der Waals surface area contributed by atoms with Gasteiger partial charge in [0.1, 0.15) is 5.82 Å². The van der Waals surface area contributed by atoms with Crippen LogP contribution in [0.3, 0.4) is 0 Å². The predicted octanol–water partition coefficient (Wildman–Crippen LogP) is 2.57. The number of carbonyl (C=O) groups is 2. The summed E-state index contributed by atoms with van der Waals surface area (Å²) < 4.78 is 13.5. The fourth-order valence-corrected chi connectivity index (χ4v) is 3.84. The summed E-state index contributed by atoms with van der Waals surface area (Å²) in [7, 11) is 2.12. The monoisotopic (exact) mass is 396 g/mol. The Hall–Kier alpha value is -2.93. The lowest BCUT2D eigenvalue weighted by Crippen LogP contribution is -2.44. The molecule has 0 saturated carbocycles. The van der Waals surface area contributed by atoms with E-state index in [1.807, 2.05) is 24.3 Å². The highest BCUT2D eigenvalue weighted by Crippen LogP contribution is 2.27. The van der Waals surface area contributed by atoms with Crippen LogP contribution in [0.15, 0.2) is 48.5 Å². The molecule has 152 valence electrons. The smallest absolute Gasteiger partial charge is 0.229 e. The number of nitrogens with one attached hydrogen (secondary N) is 1. The minimum absolute atomic E-state index is 0.127. The van der Waals surface area contributed by atoms with E-state index in [0.717, 1.165) is 31.9 Å². The van der Waals surface area contributed by atoms with Crippen molar-refractivity contribution < 1.29 is 14.0 Å². The number of halogens is 1. The zero-order valence-corrected chi connectivity index (χ0v) is 16.5. The van der Waals surface area contributed by atoms with Crippen molar-refractivity contribution in [2.24, 2.45) is 5.92 Å². The molecule has 0 aliphatic carbocycles. The van der Waals surface area contributed by atoms with Gasteiger partial charge in [-0.2, -0.15) is 0 Å². The number of hydrogen-bond donors (Lipinski definition) is 1. The molecule has 1 N–H and O–H groups in total.